The second kappa shape index (κ2) is 6.16. The molecule has 2 aromatic rings. The summed E-state index contributed by atoms with van der Waals surface area (Å²) < 4.78 is 37.7. The van der Waals surface area contributed by atoms with Crippen LogP contribution in [-0.2, 0) is 10.0 Å². The van der Waals surface area contributed by atoms with Crippen molar-refractivity contribution in [2.75, 3.05) is 17.6 Å². The molecule has 0 fully saturated rings. The van der Waals surface area contributed by atoms with Gasteiger partial charge in [-0.2, -0.15) is 0 Å². The van der Waals surface area contributed by atoms with E-state index in [0.717, 1.165) is 0 Å². The lowest BCUT2D eigenvalue weighted by molar-refractivity contribution is 0.101. The Balaban J connectivity index is 1.98. The normalized spacial score (nSPS) is 12.9. The molecule has 0 bridgehead atoms. The molecule has 0 radical (unpaired) electrons. The highest BCUT2D eigenvalue weighted by atomic mass is 32.2. The maximum Gasteiger partial charge on any atom is 0.264 e. The SMILES string of the molecule is CCN(c1ccc2c(c1)OCO2)S(=O)(=O)c1ccc(C(C)=O)cc1. The highest BCUT2D eigenvalue weighted by Gasteiger charge is 2.25. The molecule has 1 aliphatic rings. The summed E-state index contributed by atoms with van der Waals surface area (Å²) in [6, 6.07) is 10.9. The summed E-state index contributed by atoms with van der Waals surface area (Å²) in [5.74, 6) is 1.01. The average Bonchev–Trinajstić information content (AvgIpc) is 3.03. The first-order valence-corrected chi connectivity index (χ1v) is 8.91. The Morgan fingerprint density at radius 1 is 1.08 bits per heavy atom. The number of carbonyl (C=O) groups is 1. The number of fused-ring (bicyclic) bond motifs is 1. The Morgan fingerprint density at radius 2 is 1.75 bits per heavy atom. The molecule has 24 heavy (non-hydrogen) atoms. The second-order valence-electron chi connectivity index (χ2n) is 5.29. The fraction of sp³-hybridized carbons (Fsp3) is 0.235. The molecule has 0 spiro atoms. The van der Waals surface area contributed by atoms with Gasteiger partial charge >= 0.3 is 0 Å². The Morgan fingerprint density at radius 3 is 2.38 bits per heavy atom. The topological polar surface area (TPSA) is 72.9 Å². The molecule has 3 rings (SSSR count). The molecular weight excluding hydrogens is 330 g/mol. The van der Waals surface area contributed by atoms with E-state index in [-0.39, 0.29) is 24.0 Å². The van der Waals surface area contributed by atoms with E-state index < -0.39 is 10.0 Å². The van der Waals surface area contributed by atoms with Gasteiger partial charge in [-0.3, -0.25) is 9.10 Å². The van der Waals surface area contributed by atoms with E-state index in [1.807, 2.05) is 0 Å². The quantitative estimate of drug-likeness (QED) is 0.778. The minimum atomic E-state index is -3.74. The Labute approximate surface area is 140 Å². The number of nitrogens with zero attached hydrogens (tertiary/aromatic N) is 1. The fourth-order valence-electron chi connectivity index (χ4n) is 2.52. The molecular formula is C17H17NO5S. The molecule has 0 aromatic heterocycles. The van der Waals surface area contributed by atoms with Gasteiger partial charge < -0.3 is 9.47 Å². The Hall–Kier alpha value is -2.54. The third-order valence-corrected chi connectivity index (χ3v) is 5.70. The lowest BCUT2D eigenvalue weighted by atomic mass is 10.2. The molecule has 0 N–H and O–H groups in total. The summed E-state index contributed by atoms with van der Waals surface area (Å²) in [6.45, 7) is 3.58. The van der Waals surface area contributed by atoms with Crippen molar-refractivity contribution in [1.29, 1.82) is 0 Å². The van der Waals surface area contributed by atoms with E-state index in [1.165, 1.54) is 35.5 Å². The predicted molar refractivity (Wildman–Crippen MR) is 89.2 cm³/mol. The zero-order valence-corrected chi connectivity index (χ0v) is 14.2. The smallest absolute Gasteiger partial charge is 0.264 e. The maximum absolute atomic E-state index is 12.9. The molecule has 0 unspecified atom stereocenters. The van der Waals surface area contributed by atoms with Crippen molar-refractivity contribution in [3.05, 3.63) is 48.0 Å². The van der Waals surface area contributed by atoms with Gasteiger partial charge in [-0.1, -0.05) is 12.1 Å². The van der Waals surface area contributed by atoms with E-state index in [1.54, 1.807) is 25.1 Å². The van der Waals surface area contributed by atoms with Crippen LogP contribution in [0.2, 0.25) is 0 Å². The van der Waals surface area contributed by atoms with Gasteiger partial charge in [-0.15, -0.1) is 0 Å². The number of hydrogen-bond acceptors (Lipinski definition) is 5. The van der Waals surface area contributed by atoms with Gasteiger partial charge in [0.25, 0.3) is 10.0 Å². The number of carbonyl (C=O) groups excluding carboxylic acids is 1. The van der Waals surface area contributed by atoms with Crippen LogP contribution >= 0.6 is 0 Å². The van der Waals surface area contributed by atoms with Crippen molar-refractivity contribution in [2.45, 2.75) is 18.7 Å². The third kappa shape index (κ3) is 2.82. The van der Waals surface area contributed by atoms with Crippen molar-refractivity contribution in [3.8, 4) is 11.5 Å². The average molecular weight is 347 g/mol. The van der Waals surface area contributed by atoms with Crippen LogP contribution in [-0.4, -0.2) is 27.5 Å². The number of sulfonamides is 1. The molecule has 1 aliphatic heterocycles. The molecule has 6 nitrogen and oxygen atoms in total. The van der Waals surface area contributed by atoms with Crippen LogP contribution in [0, 0.1) is 0 Å². The molecule has 7 heteroatoms. The highest BCUT2D eigenvalue weighted by molar-refractivity contribution is 7.92. The summed E-state index contributed by atoms with van der Waals surface area (Å²) in [5.41, 5.74) is 0.970. The first-order chi connectivity index (χ1) is 11.4. The molecule has 126 valence electrons. The maximum atomic E-state index is 12.9. The van der Waals surface area contributed by atoms with Crippen LogP contribution in [0.25, 0.3) is 0 Å². The summed E-state index contributed by atoms with van der Waals surface area (Å²) in [7, 11) is -3.74. The Kier molecular flexibility index (Phi) is 4.19. The monoisotopic (exact) mass is 347 g/mol. The summed E-state index contributed by atoms with van der Waals surface area (Å²) in [5, 5.41) is 0. The van der Waals surface area contributed by atoms with E-state index >= 15 is 0 Å². The molecule has 2 aromatic carbocycles. The summed E-state index contributed by atoms with van der Waals surface area (Å²) in [4.78, 5) is 11.5. The van der Waals surface area contributed by atoms with Gasteiger partial charge in [0.1, 0.15) is 0 Å². The summed E-state index contributed by atoms with van der Waals surface area (Å²) in [6.07, 6.45) is 0. The molecule has 0 atom stereocenters. The van der Waals surface area contributed by atoms with Crippen LogP contribution in [0.15, 0.2) is 47.4 Å². The predicted octanol–water partition coefficient (Wildman–Crippen LogP) is 2.83. The Bertz CT molecular complexity index is 874. The molecule has 0 aliphatic carbocycles. The molecule has 0 saturated carbocycles. The molecule has 1 heterocycles. The molecule has 0 amide bonds. The van der Waals surface area contributed by atoms with E-state index in [0.29, 0.717) is 22.7 Å². The first-order valence-electron chi connectivity index (χ1n) is 7.47. The number of rotatable bonds is 5. The third-order valence-electron chi connectivity index (χ3n) is 3.78. The van der Waals surface area contributed by atoms with Gasteiger partial charge in [0, 0.05) is 18.2 Å². The van der Waals surface area contributed by atoms with Crippen molar-refractivity contribution in [2.24, 2.45) is 0 Å². The van der Waals surface area contributed by atoms with Gasteiger partial charge in [-0.25, -0.2) is 8.42 Å². The number of anilines is 1. The number of ketones is 1. The minimum absolute atomic E-state index is 0.109. The zero-order chi connectivity index (χ0) is 17.3. The standard InChI is InChI=1S/C17H17NO5S/c1-3-18(14-6-9-16-17(10-14)23-11-22-16)24(20,21)15-7-4-13(5-8-15)12(2)19/h4-10H,3,11H2,1-2H3. The number of hydrogen-bond donors (Lipinski definition) is 0. The van der Waals surface area contributed by atoms with Gasteiger partial charge in [-0.05, 0) is 38.1 Å². The minimum Gasteiger partial charge on any atom is -0.454 e. The van der Waals surface area contributed by atoms with Crippen LogP contribution in [0.5, 0.6) is 11.5 Å². The van der Waals surface area contributed by atoms with Crippen LogP contribution < -0.4 is 13.8 Å². The number of ether oxygens (including phenoxy) is 2. The van der Waals surface area contributed by atoms with Crippen molar-refractivity contribution in [3.63, 3.8) is 0 Å². The second-order valence-corrected chi connectivity index (χ2v) is 7.15. The van der Waals surface area contributed by atoms with E-state index in [2.05, 4.69) is 0 Å². The van der Waals surface area contributed by atoms with Crippen LogP contribution in [0.4, 0.5) is 5.69 Å². The van der Waals surface area contributed by atoms with Gasteiger partial charge in [0.15, 0.2) is 17.3 Å². The lowest BCUT2D eigenvalue weighted by Crippen LogP contribution is -2.30. The molecule has 0 saturated heterocycles. The fourth-order valence-corrected chi connectivity index (χ4v) is 3.99. The first kappa shape index (κ1) is 16.3. The van der Waals surface area contributed by atoms with Crippen molar-refractivity contribution in [1.82, 2.24) is 0 Å². The lowest BCUT2D eigenvalue weighted by Gasteiger charge is -2.23. The van der Waals surface area contributed by atoms with Crippen molar-refractivity contribution < 1.29 is 22.7 Å². The van der Waals surface area contributed by atoms with E-state index in [4.69, 9.17) is 9.47 Å². The largest absolute Gasteiger partial charge is 0.454 e. The zero-order valence-electron chi connectivity index (χ0n) is 13.4. The summed E-state index contributed by atoms with van der Waals surface area (Å²) >= 11 is 0. The highest BCUT2D eigenvalue weighted by Crippen LogP contribution is 2.36. The van der Waals surface area contributed by atoms with Crippen molar-refractivity contribution >= 4 is 21.5 Å². The number of Topliss-reactive ketones (excluding diaryl/α,β-unsaturated/α-hetero) is 1. The number of benzene rings is 2. The van der Waals surface area contributed by atoms with Gasteiger partial charge in [0.05, 0.1) is 10.6 Å². The van der Waals surface area contributed by atoms with Crippen LogP contribution in [0.1, 0.15) is 24.2 Å². The van der Waals surface area contributed by atoms with Gasteiger partial charge in [0.2, 0.25) is 6.79 Å². The van der Waals surface area contributed by atoms with E-state index in [9.17, 15) is 13.2 Å². The van der Waals surface area contributed by atoms with Crippen LogP contribution in [0.3, 0.4) is 0 Å².